The number of carbonyl (C=O) groups excluding carboxylic acids is 1. The van der Waals surface area contributed by atoms with Gasteiger partial charge in [-0.3, -0.25) is 4.79 Å². The van der Waals surface area contributed by atoms with Gasteiger partial charge in [-0.2, -0.15) is 0 Å². The van der Waals surface area contributed by atoms with Crippen molar-refractivity contribution >= 4 is 14.3 Å². The van der Waals surface area contributed by atoms with Gasteiger partial charge in [0.25, 0.3) is 0 Å². The quantitative estimate of drug-likeness (QED) is 0.573. The fraction of sp³-hybridized carbons (Fsp3) is 0.923. The molecule has 0 aromatic heterocycles. The minimum Gasteiger partial charge on any atom is -0.461 e. The molecule has 1 heterocycles. The van der Waals surface area contributed by atoms with Crippen LogP contribution in [0.2, 0.25) is 18.1 Å². The van der Waals surface area contributed by atoms with Gasteiger partial charge in [0.1, 0.15) is 6.10 Å². The number of rotatable bonds is 4. The fourth-order valence-corrected chi connectivity index (χ4v) is 3.20. The Morgan fingerprint density at radius 2 is 1.94 bits per heavy atom. The van der Waals surface area contributed by atoms with Crippen LogP contribution in [0.4, 0.5) is 0 Å². The largest absolute Gasteiger partial charge is 0.461 e. The van der Waals surface area contributed by atoms with E-state index in [2.05, 4.69) is 40.8 Å². The van der Waals surface area contributed by atoms with E-state index in [9.17, 15) is 4.79 Å². The summed E-state index contributed by atoms with van der Waals surface area (Å²) >= 11 is 0. The molecule has 0 aromatic carbocycles. The Morgan fingerprint density at radius 1 is 1.41 bits per heavy atom. The second-order valence-corrected chi connectivity index (χ2v) is 11.4. The summed E-state index contributed by atoms with van der Waals surface area (Å²) in [6, 6.07) is 0. The summed E-state index contributed by atoms with van der Waals surface area (Å²) in [7, 11) is -1.70. The lowest BCUT2D eigenvalue weighted by Gasteiger charge is -2.40. The van der Waals surface area contributed by atoms with Gasteiger partial charge in [0.2, 0.25) is 0 Å². The molecule has 0 unspecified atom stereocenters. The Labute approximate surface area is 106 Å². The predicted octanol–water partition coefficient (Wildman–Crippen LogP) is 3.35. The molecule has 1 rings (SSSR count). The van der Waals surface area contributed by atoms with Gasteiger partial charge in [-0.1, -0.05) is 20.8 Å². The molecule has 1 aliphatic rings. The molecule has 100 valence electrons. The van der Waals surface area contributed by atoms with Gasteiger partial charge in [0, 0.05) is 12.5 Å². The van der Waals surface area contributed by atoms with Crippen molar-refractivity contribution in [3.05, 3.63) is 0 Å². The monoisotopic (exact) mass is 258 g/mol. The average molecular weight is 258 g/mol. The van der Waals surface area contributed by atoms with Crippen LogP contribution in [-0.4, -0.2) is 26.5 Å². The molecular weight excluding hydrogens is 232 g/mol. The number of carbonyl (C=O) groups is 1. The normalized spacial score (nSPS) is 27.4. The van der Waals surface area contributed by atoms with Gasteiger partial charge >= 0.3 is 5.97 Å². The fourth-order valence-electron chi connectivity index (χ4n) is 1.75. The maximum atomic E-state index is 11.0. The molecule has 1 fully saturated rings. The zero-order valence-corrected chi connectivity index (χ0v) is 13.2. The average Bonchev–Trinajstić information content (AvgIpc) is 2.14. The molecule has 0 amide bonds. The van der Waals surface area contributed by atoms with Crippen LogP contribution in [0.15, 0.2) is 0 Å². The first-order valence-electron chi connectivity index (χ1n) is 6.43. The van der Waals surface area contributed by atoms with Crippen molar-refractivity contribution in [1.82, 2.24) is 0 Å². The first kappa shape index (κ1) is 14.7. The van der Waals surface area contributed by atoms with E-state index in [1.807, 2.05) is 6.92 Å². The maximum Gasteiger partial charge on any atom is 0.312 e. The predicted molar refractivity (Wildman–Crippen MR) is 71.4 cm³/mol. The zero-order chi connectivity index (χ0) is 13.4. The summed E-state index contributed by atoms with van der Waals surface area (Å²) in [6.07, 6.45) is 1.04. The van der Waals surface area contributed by atoms with Gasteiger partial charge < -0.3 is 9.16 Å². The minimum atomic E-state index is -1.70. The van der Waals surface area contributed by atoms with E-state index in [1.54, 1.807) is 0 Å². The molecule has 0 saturated carbocycles. The molecule has 0 spiro atoms. The lowest BCUT2D eigenvalue weighted by Crippen LogP contribution is -2.48. The molecule has 1 saturated heterocycles. The third-order valence-corrected chi connectivity index (χ3v) is 8.67. The van der Waals surface area contributed by atoms with E-state index in [0.29, 0.717) is 0 Å². The first-order chi connectivity index (χ1) is 7.54. The van der Waals surface area contributed by atoms with Crippen LogP contribution in [0.3, 0.4) is 0 Å². The topological polar surface area (TPSA) is 35.5 Å². The summed E-state index contributed by atoms with van der Waals surface area (Å²) in [6.45, 7) is 15.2. The molecule has 0 bridgehead atoms. The van der Waals surface area contributed by atoms with Gasteiger partial charge in [0.05, 0.1) is 5.92 Å². The van der Waals surface area contributed by atoms with Gasteiger partial charge in [-0.25, -0.2) is 0 Å². The van der Waals surface area contributed by atoms with Crippen LogP contribution in [0, 0.1) is 5.92 Å². The van der Waals surface area contributed by atoms with Crippen LogP contribution in [0.5, 0.6) is 0 Å². The molecule has 3 nitrogen and oxygen atoms in total. The number of hydrogen-bond donors (Lipinski definition) is 0. The van der Waals surface area contributed by atoms with E-state index >= 15 is 0 Å². The lowest BCUT2D eigenvalue weighted by atomic mass is 9.95. The summed E-state index contributed by atoms with van der Waals surface area (Å²) in [4.78, 5) is 11.0. The highest BCUT2D eigenvalue weighted by Crippen LogP contribution is 2.38. The van der Waals surface area contributed by atoms with E-state index < -0.39 is 8.32 Å². The lowest BCUT2D eigenvalue weighted by molar-refractivity contribution is -0.185. The standard InChI is InChI=1S/C13H26O3Si/c1-9(8-11-10(2)12(14)15-11)16-17(6,7)13(3,4)5/h9-11H,8H2,1-7H3/t9-,10+,11+/m0/s1. The smallest absolute Gasteiger partial charge is 0.312 e. The van der Waals surface area contributed by atoms with Crippen molar-refractivity contribution in [2.75, 3.05) is 0 Å². The summed E-state index contributed by atoms with van der Waals surface area (Å²) in [5.41, 5.74) is 0. The van der Waals surface area contributed by atoms with Crippen molar-refractivity contribution in [2.24, 2.45) is 5.92 Å². The molecule has 3 atom stereocenters. The SMILES string of the molecule is C[C@@H](C[C@H]1OC(=O)[C@@H]1C)O[Si](C)(C)C(C)(C)C. The highest BCUT2D eigenvalue weighted by molar-refractivity contribution is 6.74. The molecule has 17 heavy (non-hydrogen) atoms. The van der Waals surface area contributed by atoms with Crippen molar-refractivity contribution in [3.8, 4) is 0 Å². The molecule has 0 aliphatic carbocycles. The Hall–Kier alpha value is -0.353. The second-order valence-electron chi connectivity index (χ2n) is 6.69. The second kappa shape index (κ2) is 4.73. The van der Waals surface area contributed by atoms with Crippen molar-refractivity contribution in [2.45, 2.75) is 71.4 Å². The number of cyclic esters (lactones) is 1. The number of esters is 1. The van der Waals surface area contributed by atoms with E-state index in [1.165, 1.54) is 0 Å². The first-order valence-corrected chi connectivity index (χ1v) is 9.34. The molecule has 0 radical (unpaired) electrons. The summed E-state index contributed by atoms with van der Waals surface area (Å²) in [5.74, 6) is -0.0324. The third-order valence-electron chi connectivity index (χ3n) is 4.06. The molecular formula is C13H26O3Si. The van der Waals surface area contributed by atoms with Crippen LogP contribution in [0.25, 0.3) is 0 Å². The molecule has 1 aliphatic heterocycles. The van der Waals surface area contributed by atoms with Gasteiger partial charge in [-0.15, -0.1) is 0 Å². The van der Waals surface area contributed by atoms with E-state index in [-0.39, 0.29) is 29.1 Å². The van der Waals surface area contributed by atoms with Crippen molar-refractivity contribution in [3.63, 3.8) is 0 Å². The number of hydrogen-bond acceptors (Lipinski definition) is 3. The molecule has 0 N–H and O–H groups in total. The van der Waals surface area contributed by atoms with Crippen LogP contribution < -0.4 is 0 Å². The third kappa shape index (κ3) is 3.32. The Morgan fingerprint density at radius 3 is 2.29 bits per heavy atom. The molecule has 4 heteroatoms. The van der Waals surface area contributed by atoms with Gasteiger partial charge in [-0.05, 0) is 32.0 Å². The van der Waals surface area contributed by atoms with Crippen molar-refractivity contribution < 1.29 is 14.0 Å². The Balaban J connectivity index is 2.45. The highest BCUT2D eigenvalue weighted by atomic mass is 28.4. The minimum absolute atomic E-state index is 0.0421. The van der Waals surface area contributed by atoms with Crippen LogP contribution in [0.1, 0.15) is 41.0 Å². The van der Waals surface area contributed by atoms with E-state index in [4.69, 9.17) is 9.16 Å². The van der Waals surface area contributed by atoms with Crippen molar-refractivity contribution in [1.29, 1.82) is 0 Å². The summed E-state index contributed by atoms with van der Waals surface area (Å²) < 4.78 is 11.4. The molecule has 0 aromatic rings. The van der Waals surface area contributed by atoms with E-state index in [0.717, 1.165) is 6.42 Å². The summed E-state index contributed by atoms with van der Waals surface area (Å²) in [5, 5.41) is 0.225. The number of ether oxygens (including phenoxy) is 1. The zero-order valence-electron chi connectivity index (χ0n) is 12.2. The highest BCUT2D eigenvalue weighted by Gasteiger charge is 2.42. The van der Waals surface area contributed by atoms with Gasteiger partial charge in [0.15, 0.2) is 8.32 Å². The Kier molecular flexibility index (Phi) is 4.09. The maximum absolute atomic E-state index is 11.0. The van der Waals surface area contributed by atoms with Crippen LogP contribution in [-0.2, 0) is 14.0 Å². The van der Waals surface area contributed by atoms with Crippen LogP contribution >= 0.6 is 0 Å². The Bertz CT molecular complexity index is 294.